The van der Waals surface area contributed by atoms with Gasteiger partial charge in [0.15, 0.2) is 0 Å². The van der Waals surface area contributed by atoms with E-state index in [2.05, 4.69) is 5.32 Å². The van der Waals surface area contributed by atoms with E-state index in [0.717, 1.165) is 12.0 Å². The molecule has 0 aliphatic heterocycles. The van der Waals surface area contributed by atoms with Gasteiger partial charge in [-0.15, -0.1) is 0 Å². The lowest BCUT2D eigenvalue weighted by Crippen LogP contribution is -2.47. The van der Waals surface area contributed by atoms with E-state index in [9.17, 15) is 14.7 Å². The average molecular weight is 276 g/mol. The molecule has 1 aromatic rings. The van der Waals surface area contributed by atoms with E-state index in [1.165, 1.54) is 0 Å². The second-order valence-electron chi connectivity index (χ2n) is 5.71. The Morgan fingerprint density at radius 1 is 1.45 bits per heavy atom. The number of aryl methyl sites for hydroxylation is 1. The summed E-state index contributed by atoms with van der Waals surface area (Å²) < 4.78 is 0. The summed E-state index contributed by atoms with van der Waals surface area (Å²) >= 11 is 0. The summed E-state index contributed by atoms with van der Waals surface area (Å²) in [5.41, 5.74) is 6.85. The molecule has 4 N–H and O–H groups in total. The van der Waals surface area contributed by atoms with Gasteiger partial charge in [-0.2, -0.15) is 0 Å². The molecule has 0 heterocycles. The highest BCUT2D eigenvalue weighted by Gasteiger charge is 2.45. The van der Waals surface area contributed by atoms with Gasteiger partial charge in [0.25, 0.3) is 5.91 Å². The van der Waals surface area contributed by atoms with Crippen LogP contribution in [0.1, 0.15) is 42.1 Å². The first kappa shape index (κ1) is 14.4. The predicted molar refractivity (Wildman–Crippen MR) is 76.4 cm³/mol. The zero-order valence-electron chi connectivity index (χ0n) is 11.8. The van der Waals surface area contributed by atoms with Crippen LogP contribution in [0.4, 0.5) is 5.69 Å². The molecule has 5 nitrogen and oxygen atoms in total. The number of anilines is 1. The van der Waals surface area contributed by atoms with Gasteiger partial charge in [0, 0.05) is 17.3 Å². The fraction of sp³-hybridized carbons (Fsp3) is 0.467. The maximum atomic E-state index is 12.2. The summed E-state index contributed by atoms with van der Waals surface area (Å²) in [6.07, 6.45) is 2.09. The first-order chi connectivity index (χ1) is 9.34. The average Bonchev–Trinajstić information content (AvgIpc) is 2.75. The summed E-state index contributed by atoms with van der Waals surface area (Å²) in [4.78, 5) is 23.6. The zero-order valence-corrected chi connectivity index (χ0v) is 11.8. The molecule has 0 bridgehead atoms. The Kier molecular flexibility index (Phi) is 3.70. The van der Waals surface area contributed by atoms with Gasteiger partial charge in [0.05, 0.1) is 5.41 Å². The van der Waals surface area contributed by atoms with Crippen LogP contribution >= 0.6 is 0 Å². The monoisotopic (exact) mass is 276 g/mol. The second-order valence-corrected chi connectivity index (χ2v) is 5.71. The van der Waals surface area contributed by atoms with Gasteiger partial charge in [-0.1, -0.05) is 12.5 Å². The zero-order chi connectivity index (χ0) is 14.9. The van der Waals surface area contributed by atoms with Gasteiger partial charge in [-0.05, 0) is 44.4 Å². The van der Waals surface area contributed by atoms with E-state index >= 15 is 0 Å². The number of aliphatic carboxylic acids is 1. The number of nitrogens with two attached hydrogens (primary N) is 1. The number of benzene rings is 1. The summed E-state index contributed by atoms with van der Waals surface area (Å²) in [7, 11) is 0. The number of carboxylic acids is 1. The molecule has 108 valence electrons. The van der Waals surface area contributed by atoms with Crippen molar-refractivity contribution in [2.45, 2.75) is 39.2 Å². The Bertz CT molecular complexity index is 556. The van der Waals surface area contributed by atoms with Gasteiger partial charge in [-0.25, -0.2) is 0 Å². The fourth-order valence-corrected chi connectivity index (χ4v) is 2.68. The molecule has 0 aromatic heterocycles. The first-order valence-electron chi connectivity index (χ1n) is 6.75. The Balaban J connectivity index is 2.15. The maximum Gasteiger partial charge on any atom is 0.311 e. The Morgan fingerprint density at radius 3 is 2.75 bits per heavy atom. The highest BCUT2D eigenvalue weighted by atomic mass is 16.4. The van der Waals surface area contributed by atoms with Gasteiger partial charge < -0.3 is 16.2 Å². The van der Waals surface area contributed by atoms with Crippen LogP contribution in [0.2, 0.25) is 0 Å². The van der Waals surface area contributed by atoms with Crippen LogP contribution in [0.3, 0.4) is 0 Å². The number of nitrogen functional groups attached to an aromatic ring is 1. The predicted octanol–water partition coefficient (Wildman–Crippen LogP) is 1.95. The minimum Gasteiger partial charge on any atom is -0.481 e. The van der Waals surface area contributed by atoms with Crippen LogP contribution in [-0.4, -0.2) is 23.0 Å². The molecule has 2 unspecified atom stereocenters. The molecular weight excluding hydrogens is 256 g/mol. The number of carboxylic acid groups (broad SMARTS) is 1. The number of amides is 1. The van der Waals surface area contributed by atoms with Crippen molar-refractivity contribution in [2.24, 2.45) is 5.41 Å². The molecule has 20 heavy (non-hydrogen) atoms. The second kappa shape index (κ2) is 5.15. The van der Waals surface area contributed by atoms with Crippen molar-refractivity contribution in [3.63, 3.8) is 0 Å². The molecular formula is C15H20N2O3. The maximum absolute atomic E-state index is 12.2. The van der Waals surface area contributed by atoms with E-state index in [-0.39, 0.29) is 11.9 Å². The smallest absolute Gasteiger partial charge is 0.311 e. The molecule has 0 radical (unpaired) electrons. The molecule has 0 saturated heterocycles. The van der Waals surface area contributed by atoms with Crippen molar-refractivity contribution in [1.29, 1.82) is 0 Å². The summed E-state index contributed by atoms with van der Waals surface area (Å²) in [6.45, 7) is 3.56. The first-order valence-corrected chi connectivity index (χ1v) is 6.75. The van der Waals surface area contributed by atoms with E-state index in [4.69, 9.17) is 5.73 Å². The summed E-state index contributed by atoms with van der Waals surface area (Å²) in [5, 5.41) is 12.2. The molecule has 1 aliphatic carbocycles. The van der Waals surface area contributed by atoms with Gasteiger partial charge in [-0.3, -0.25) is 9.59 Å². The number of hydrogen-bond acceptors (Lipinski definition) is 3. The molecule has 1 saturated carbocycles. The Morgan fingerprint density at radius 2 is 2.15 bits per heavy atom. The standard InChI is InChI=1S/C15H20N2O3/c1-9-5-6-10(8-11(9)16)13(18)17-12-4-3-7-15(12,2)14(19)20/h5-6,8,12H,3-4,7,16H2,1-2H3,(H,17,18)(H,19,20). The molecule has 1 amide bonds. The lowest BCUT2D eigenvalue weighted by molar-refractivity contribution is -0.148. The number of rotatable bonds is 3. The third-order valence-electron chi connectivity index (χ3n) is 4.29. The molecule has 1 fully saturated rings. The fourth-order valence-electron chi connectivity index (χ4n) is 2.68. The summed E-state index contributed by atoms with van der Waals surface area (Å²) in [6, 6.07) is 4.77. The third kappa shape index (κ3) is 2.48. The van der Waals surface area contributed by atoms with E-state index < -0.39 is 11.4 Å². The molecule has 2 atom stereocenters. The molecule has 0 spiro atoms. The van der Waals surface area contributed by atoms with E-state index in [0.29, 0.717) is 24.1 Å². The number of carbonyl (C=O) groups is 2. The highest BCUT2D eigenvalue weighted by molar-refractivity contribution is 5.96. The van der Waals surface area contributed by atoms with Crippen LogP contribution in [0.5, 0.6) is 0 Å². The topological polar surface area (TPSA) is 92.4 Å². The van der Waals surface area contributed by atoms with Crippen LogP contribution in [0.25, 0.3) is 0 Å². The summed E-state index contributed by atoms with van der Waals surface area (Å²) in [5.74, 6) is -1.13. The lowest BCUT2D eigenvalue weighted by atomic mass is 9.85. The van der Waals surface area contributed by atoms with E-state index in [1.54, 1.807) is 25.1 Å². The molecule has 1 aliphatic rings. The van der Waals surface area contributed by atoms with Gasteiger partial charge in [0.1, 0.15) is 0 Å². The van der Waals surface area contributed by atoms with Crippen molar-refractivity contribution in [3.8, 4) is 0 Å². The number of nitrogens with one attached hydrogen (secondary N) is 1. The van der Waals surface area contributed by atoms with Crippen LogP contribution < -0.4 is 11.1 Å². The Hall–Kier alpha value is -2.04. The third-order valence-corrected chi connectivity index (χ3v) is 4.29. The number of carbonyl (C=O) groups excluding carboxylic acids is 1. The van der Waals surface area contributed by atoms with Crippen molar-refractivity contribution < 1.29 is 14.7 Å². The van der Waals surface area contributed by atoms with Crippen molar-refractivity contribution in [1.82, 2.24) is 5.32 Å². The van der Waals surface area contributed by atoms with Gasteiger partial charge >= 0.3 is 5.97 Å². The molecule has 1 aromatic carbocycles. The molecule has 5 heteroatoms. The normalized spacial score (nSPS) is 25.4. The largest absolute Gasteiger partial charge is 0.481 e. The quantitative estimate of drug-likeness (QED) is 0.736. The highest BCUT2D eigenvalue weighted by Crippen LogP contribution is 2.38. The number of hydrogen-bond donors (Lipinski definition) is 3. The van der Waals surface area contributed by atoms with E-state index in [1.807, 2.05) is 6.92 Å². The minimum atomic E-state index is -0.883. The van der Waals surface area contributed by atoms with Crippen LogP contribution in [0.15, 0.2) is 18.2 Å². The molecule has 2 rings (SSSR count). The van der Waals surface area contributed by atoms with Crippen LogP contribution in [0, 0.1) is 12.3 Å². The Labute approximate surface area is 118 Å². The lowest BCUT2D eigenvalue weighted by Gasteiger charge is -2.27. The SMILES string of the molecule is Cc1ccc(C(=O)NC2CCCC2(C)C(=O)O)cc1N. The van der Waals surface area contributed by atoms with Crippen molar-refractivity contribution in [3.05, 3.63) is 29.3 Å². The van der Waals surface area contributed by atoms with Crippen molar-refractivity contribution in [2.75, 3.05) is 5.73 Å². The van der Waals surface area contributed by atoms with Gasteiger partial charge in [0.2, 0.25) is 0 Å². The van der Waals surface area contributed by atoms with Crippen LogP contribution in [-0.2, 0) is 4.79 Å². The van der Waals surface area contributed by atoms with Crippen molar-refractivity contribution >= 4 is 17.6 Å². The minimum absolute atomic E-state index is 0.268.